The van der Waals surface area contributed by atoms with E-state index in [4.69, 9.17) is 4.74 Å². The summed E-state index contributed by atoms with van der Waals surface area (Å²) in [5, 5.41) is 0. The summed E-state index contributed by atoms with van der Waals surface area (Å²) in [6, 6.07) is 16.0. The smallest absolute Gasteiger partial charge is 0.159 e. The van der Waals surface area contributed by atoms with Crippen LogP contribution in [0.4, 0.5) is 0 Å². The number of unbranched alkanes of at least 4 members (excludes halogenated alkanes) is 18. The number of rotatable bonds is 26. The number of ether oxygens (including phenoxy) is 1. The zero-order chi connectivity index (χ0) is 34.2. The molecule has 5 nitrogen and oxygen atoms in total. The van der Waals surface area contributed by atoms with Crippen LogP contribution in [0, 0.1) is 0 Å². The van der Waals surface area contributed by atoms with E-state index in [0.717, 1.165) is 47.1 Å². The molecule has 0 saturated heterocycles. The summed E-state index contributed by atoms with van der Waals surface area (Å²) < 4.78 is 6.12. The molecule has 0 aliphatic heterocycles. The lowest BCUT2D eigenvalue weighted by molar-refractivity contribution is 0.483. The van der Waals surface area contributed by atoms with Gasteiger partial charge in [-0.05, 0) is 85.3 Å². The topological polar surface area (TPSA) is 60.8 Å². The van der Waals surface area contributed by atoms with Crippen LogP contribution in [0.25, 0.3) is 22.8 Å². The molecule has 0 aliphatic rings. The maximum atomic E-state index is 6.12. The van der Waals surface area contributed by atoms with Crippen molar-refractivity contribution in [3.63, 3.8) is 0 Å². The van der Waals surface area contributed by atoms with E-state index in [-0.39, 0.29) is 0 Å². The molecule has 49 heavy (non-hydrogen) atoms. The Labute approximate surface area is 297 Å². The third-order valence-corrected chi connectivity index (χ3v) is 9.51. The summed E-state index contributed by atoms with van der Waals surface area (Å²) in [7, 11) is 0. The summed E-state index contributed by atoms with van der Waals surface area (Å²) >= 11 is 0. The Hall–Kier alpha value is -3.60. The number of hydrogen-bond donors (Lipinski definition) is 0. The highest BCUT2D eigenvalue weighted by Gasteiger charge is 2.06. The van der Waals surface area contributed by atoms with Crippen molar-refractivity contribution in [3.8, 4) is 34.3 Å². The van der Waals surface area contributed by atoms with Crippen LogP contribution in [-0.4, -0.2) is 19.9 Å². The minimum atomic E-state index is 0.747. The lowest BCUT2D eigenvalue weighted by atomic mass is 10.0. The molecular formula is C44H62N4O. The number of benzene rings is 2. The summed E-state index contributed by atoms with van der Waals surface area (Å²) in [4.78, 5) is 18.6. The molecule has 2 aromatic carbocycles. The largest absolute Gasteiger partial charge is 0.457 e. The zero-order valence-corrected chi connectivity index (χ0v) is 30.7. The monoisotopic (exact) mass is 662 g/mol. The van der Waals surface area contributed by atoms with Crippen molar-refractivity contribution in [1.29, 1.82) is 0 Å². The van der Waals surface area contributed by atoms with Crippen LogP contribution in [0.5, 0.6) is 11.5 Å². The fourth-order valence-electron chi connectivity index (χ4n) is 6.38. The second-order valence-electron chi connectivity index (χ2n) is 13.8. The number of aryl methyl sites for hydroxylation is 2. The van der Waals surface area contributed by atoms with Crippen LogP contribution in [0.3, 0.4) is 0 Å². The molecule has 0 amide bonds. The number of hydrogen-bond acceptors (Lipinski definition) is 5. The highest BCUT2D eigenvalue weighted by molar-refractivity contribution is 5.58. The molecule has 0 radical (unpaired) electrons. The van der Waals surface area contributed by atoms with Crippen LogP contribution in [0.2, 0.25) is 0 Å². The molecule has 0 N–H and O–H groups in total. The fourth-order valence-corrected chi connectivity index (χ4v) is 6.38. The Balaban J connectivity index is 1.12. The van der Waals surface area contributed by atoms with Gasteiger partial charge in [-0.15, -0.1) is 0 Å². The molecular weight excluding hydrogens is 601 g/mol. The molecule has 0 bridgehead atoms. The van der Waals surface area contributed by atoms with Gasteiger partial charge in [-0.2, -0.15) is 0 Å². The van der Waals surface area contributed by atoms with Crippen molar-refractivity contribution in [2.45, 2.75) is 155 Å². The normalized spacial score (nSPS) is 11.2. The molecule has 2 aromatic heterocycles. The van der Waals surface area contributed by atoms with Gasteiger partial charge in [0.05, 0.1) is 0 Å². The maximum Gasteiger partial charge on any atom is 0.159 e. The zero-order valence-electron chi connectivity index (χ0n) is 30.7. The van der Waals surface area contributed by atoms with Gasteiger partial charge < -0.3 is 4.74 Å². The van der Waals surface area contributed by atoms with Crippen molar-refractivity contribution in [1.82, 2.24) is 19.9 Å². The van der Waals surface area contributed by atoms with Crippen LogP contribution >= 0.6 is 0 Å². The summed E-state index contributed by atoms with van der Waals surface area (Å²) in [6.45, 7) is 4.56. The Morgan fingerprint density at radius 3 is 0.959 bits per heavy atom. The molecule has 4 rings (SSSR count). The Kier molecular flexibility index (Phi) is 18.5. The Morgan fingerprint density at radius 1 is 0.367 bits per heavy atom. The quantitative estimate of drug-likeness (QED) is 0.0626. The van der Waals surface area contributed by atoms with E-state index in [2.05, 4.69) is 33.8 Å². The Morgan fingerprint density at radius 2 is 0.653 bits per heavy atom. The van der Waals surface area contributed by atoms with E-state index in [9.17, 15) is 0 Å². The van der Waals surface area contributed by atoms with Gasteiger partial charge in [-0.25, -0.2) is 19.9 Å². The third-order valence-electron chi connectivity index (χ3n) is 9.51. The van der Waals surface area contributed by atoms with Crippen molar-refractivity contribution in [3.05, 3.63) is 84.4 Å². The molecule has 4 aromatic rings. The van der Waals surface area contributed by atoms with E-state index in [0.29, 0.717) is 0 Å². The average molecular weight is 663 g/mol. The summed E-state index contributed by atoms with van der Waals surface area (Å²) in [6.07, 6.45) is 37.1. The first-order valence-corrected chi connectivity index (χ1v) is 19.8. The molecule has 5 heteroatoms. The molecule has 0 aliphatic carbocycles. The van der Waals surface area contributed by atoms with E-state index < -0.39 is 0 Å². The average Bonchev–Trinajstić information content (AvgIpc) is 3.14. The first kappa shape index (κ1) is 38.2. The predicted octanol–water partition coefficient (Wildman–Crippen LogP) is 13.3. The number of aromatic nitrogens is 4. The summed E-state index contributed by atoms with van der Waals surface area (Å²) in [5.74, 6) is 3.05. The standard InChI is InChI=1S/C44H62N4O/c1-3-5-7-9-11-13-15-17-19-21-23-37-33-45-43(46-34-37)39-25-29-41(30-26-39)49-42-31-27-40(28-32-42)44-47-35-38(36-48-44)24-22-20-18-16-14-12-10-8-6-4-2/h25-36H,3-24H2,1-2H3. The molecule has 0 unspecified atom stereocenters. The minimum Gasteiger partial charge on any atom is -0.457 e. The molecule has 0 saturated carbocycles. The second-order valence-corrected chi connectivity index (χ2v) is 13.8. The van der Waals surface area contributed by atoms with Crippen LogP contribution in [0.1, 0.15) is 153 Å². The second kappa shape index (κ2) is 23.7. The molecule has 0 atom stereocenters. The maximum absolute atomic E-state index is 6.12. The lowest BCUT2D eigenvalue weighted by Crippen LogP contribution is -1.94. The molecule has 0 fully saturated rings. The minimum absolute atomic E-state index is 0.747. The molecule has 2 heterocycles. The highest BCUT2D eigenvalue weighted by atomic mass is 16.5. The Bertz CT molecular complexity index is 1280. The lowest BCUT2D eigenvalue weighted by Gasteiger charge is -2.08. The van der Waals surface area contributed by atoms with Gasteiger partial charge in [-0.1, -0.05) is 129 Å². The van der Waals surface area contributed by atoms with Gasteiger partial charge in [0.2, 0.25) is 0 Å². The van der Waals surface area contributed by atoms with Crippen LogP contribution in [0.15, 0.2) is 73.3 Å². The predicted molar refractivity (Wildman–Crippen MR) is 206 cm³/mol. The van der Waals surface area contributed by atoms with E-state index >= 15 is 0 Å². The highest BCUT2D eigenvalue weighted by Crippen LogP contribution is 2.26. The van der Waals surface area contributed by atoms with Crippen LogP contribution in [-0.2, 0) is 12.8 Å². The van der Waals surface area contributed by atoms with Gasteiger partial charge in [0.15, 0.2) is 11.6 Å². The number of nitrogens with zero attached hydrogens (tertiary/aromatic N) is 4. The molecule has 0 spiro atoms. The first-order chi connectivity index (χ1) is 24.2. The van der Waals surface area contributed by atoms with E-state index in [1.165, 1.54) is 140 Å². The summed E-state index contributed by atoms with van der Waals surface area (Å²) in [5.41, 5.74) is 4.42. The van der Waals surface area contributed by atoms with Gasteiger partial charge in [0, 0.05) is 35.9 Å². The van der Waals surface area contributed by atoms with Gasteiger partial charge in [-0.3, -0.25) is 0 Å². The van der Waals surface area contributed by atoms with Crippen molar-refractivity contribution in [2.75, 3.05) is 0 Å². The fraction of sp³-hybridized carbons (Fsp3) is 0.545. The van der Waals surface area contributed by atoms with Gasteiger partial charge in [0.1, 0.15) is 11.5 Å². The first-order valence-electron chi connectivity index (χ1n) is 19.8. The van der Waals surface area contributed by atoms with E-state index in [1.54, 1.807) is 0 Å². The third kappa shape index (κ3) is 15.2. The van der Waals surface area contributed by atoms with Crippen molar-refractivity contribution < 1.29 is 4.74 Å². The molecule has 264 valence electrons. The van der Waals surface area contributed by atoms with E-state index in [1.807, 2.05) is 73.3 Å². The van der Waals surface area contributed by atoms with Gasteiger partial charge >= 0.3 is 0 Å². The van der Waals surface area contributed by atoms with Crippen molar-refractivity contribution >= 4 is 0 Å². The van der Waals surface area contributed by atoms with Crippen molar-refractivity contribution in [2.24, 2.45) is 0 Å². The van der Waals surface area contributed by atoms with Crippen LogP contribution < -0.4 is 4.74 Å². The van der Waals surface area contributed by atoms with Gasteiger partial charge in [0.25, 0.3) is 0 Å². The SMILES string of the molecule is CCCCCCCCCCCCc1cnc(-c2ccc(Oc3ccc(-c4ncc(CCCCCCCCCCCC)cn4)cc3)cc2)nc1.